The van der Waals surface area contributed by atoms with Crippen molar-refractivity contribution in [2.45, 2.75) is 31.6 Å². The lowest BCUT2D eigenvalue weighted by molar-refractivity contribution is -0.142. The van der Waals surface area contributed by atoms with E-state index in [9.17, 15) is 14.7 Å². The minimum Gasteiger partial charge on any atom is -0.481 e. The number of hydrogen-bond donors (Lipinski definition) is 2. The number of aliphatic carboxylic acids is 1. The zero-order valence-corrected chi connectivity index (χ0v) is 11.8. The van der Waals surface area contributed by atoms with Crippen molar-refractivity contribution in [1.82, 2.24) is 5.32 Å². The number of amides is 1. The van der Waals surface area contributed by atoms with Crippen molar-refractivity contribution in [1.29, 1.82) is 0 Å². The molecule has 2 N–H and O–H groups in total. The summed E-state index contributed by atoms with van der Waals surface area (Å²) in [5.41, 5.74) is 0.878. The molecule has 1 amide bonds. The molecule has 0 saturated heterocycles. The predicted molar refractivity (Wildman–Crippen MR) is 74.7 cm³/mol. The van der Waals surface area contributed by atoms with Gasteiger partial charge >= 0.3 is 12.1 Å². The Kier molecular flexibility index (Phi) is 5.16. The molecule has 1 aromatic rings. The Hall–Kier alpha value is -2.08. The Balaban J connectivity index is 1.85. The SMILES string of the molecule is COC1CC(NC(=O)OCc2ccccc2)[C@H](C(=O)O)C1. The van der Waals surface area contributed by atoms with Crippen molar-refractivity contribution in [2.24, 2.45) is 5.92 Å². The highest BCUT2D eigenvalue weighted by Crippen LogP contribution is 2.28. The van der Waals surface area contributed by atoms with Crippen LogP contribution < -0.4 is 5.32 Å². The minimum atomic E-state index is -0.928. The van der Waals surface area contributed by atoms with Gasteiger partial charge in [0.1, 0.15) is 6.61 Å². The molecule has 21 heavy (non-hydrogen) atoms. The maximum Gasteiger partial charge on any atom is 0.407 e. The van der Waals surface area contributed by atoms with E-state index in [-0.39, 0.29) is 12.7 Å². The van der Waals surface area contributed by atoms with Crippen LogP contribution in [0.1, 0.15) is 18.4 Å². The van der Waals surface area contributed by atoms with Crippen molar-refractivity contribution in [3.05, 3.63) is 35.9 Å². The van der Waals surface area contributed by atoms with E-state index < -0.39 is 24.0 Å². The average molecular weight is 293 g/mol. The van der Waals surface area contributed by atoms with Crippen LogP contribution in [0.3, 0.4) is 0 Å². The number of alkyl carbamates (subject to hydrolysis) is 1. The molecule has 2 rings (SSSR count). The van der Waals surface area contributed by atoms with E-state index in [1.54, 1.807) is 7.11 Å². The van der Waals surface area contributed by atoms with Gasteiger partial charge in [0.05, 0.1) is 12.0 Å². The van der Waals surface area contributed by atoms with Crippen LogP contribution in [0.25, 0.3) is 0 Å². The first-order valence-corrected chi connectivity index (χ1v) is 6.83. The van der Waals surface area contributed by atoms with Crippen LogP contribution in [0.2, 0.25) is 0 Å². The van der Waals surface area contributed by atoms with Gasteiger partial charge in [0.2, 0.25) is 0 Å². The van der Waals surface area contributed by atoms with E-state index in [0.29, 0.717) is 12.8 Å². The molecule has 0 aliphatic heterocycles. The number of benzene rings is 1. The highest BCUT2D eigenvalue weighted by molar-refractivity contribution is 5.74. The second-order valence-corrected chi connectivity index (χ2v) is 5.09. The summed E-state index contributed by atoms with van der Waals surface area (Å²) in [5.74, 6) is -1.57. The second-order valence-electron chi connectivity index (χ2n) is 5.09. The number of carboxylic acid groups (broad SMARTS) is 1. The lowest BCUT2D eigenvalue weighted by Gasteiger charge is -2.17. The fourth-order valence-electron chi connectivity index (χ4n) is 2.53. The van der Waals surface area contributed by atoms with E-state index in [4.69, 9.17) is 9.47 Å². The molecule has 114 valence electrons. The molecule has 1 aliphatic carbocycles. The highest BCUT2D eigenvalue weighted by Gasteiger charge is 2.40. The van der Waals surface area contributed by atoms with E-state index in [1.807, 2.05) is 30.3 Å². The molecular formula is C15H19NO5. The Bertz CT molecular complexity index is 490. The molecule has 2 unspecified atom stereocenters. The van der Waals surface area contributed by atoms with E-state index in [2.05, 4.69) is 5.32 Å². The number of nitrogens with one attached hydrogen (secondary N) is 1. The zero-order chi connectivity index (χ0) is 15.2. The minimum absolute atomic E-state index is 0.148. The van der Waals surface area contributed by atoms with Crippen LogP contribution >= 0.6 is 0 Å². The number of ether oxygens (including phenoxy) is 2. The first-order valence-electron chi connectivity index (χ1n) is 6.83. The fraction of sp³-hybridized carbons (Fsp3) is 0.467. The van der Waals surface area contributed by atoms with Crippen molar-refractivity contribution >= 4 is 12.1 Å². The van der Waals surface area contributed by atoms with Gasteiger partial charge in [-0.3, -0.25) is 4.79 Å². The summed E-state index contributed by atoms with van der Waals surface area (Å²) in [6.07, 6.45) is 0.126. The van der Waals surface area contributed by atoms with Crippen molar-refractivity contribution in [3.8, 4) is 0 Å². The third-order valence-electron chi connectivity index (χ3n) is 3.69. The number of hydrogen-bond acceptors (Lipinski definition) is 4. The zero-order valence-electron chi connectivity index (χ0n) is 11.8. The summed E-state index contributed by atoms with van der Waals surface area (Å²) in [7, 11) is 1.54. The molecule has 6 nitrogen and oxygen atoms in total. The van der Waals surface area contributed by atoms with Crippen LogP contribution in [0, 0.1) is 5.92 Å². The monoisotopic (exact) mass is 293 g/mol. The molecule has 0 aromatic heterocycles. The molecule has 3 atom stereocenters. The predicted octanol–water partition coefficient (Wildman–Crippen LogP) is 1.79. The summed E-state index contributed by atoms with van der Waals surface area (Å²) < 4.78 is 10.3. The summed E-state index contributed by atoms with van der Waals surface area (Å²) in [4.78, 5) is 23.0. The number of carboxylic acids is 1. The van der Waals surface area contributed by atoms with Crippen LogP contribution in [-0.2, 0) is 20.9 Å². The lowest BCUT2D eigenvalue weighted by atomic mass is 10.0. The van der Waals surface area contributed by atoms with E-state index in [0.717, 1.165) is 5.56 Å². The van der Waals surface area contributed by atoms with Crippen molar-refractivity contribution < 1.29 is 24.2 Å². The van der Waals surface area contributed by atoms with E-state index >= 15 is 0 Å². The molecule has 6 heteroatoms. The van der Waals surface area contributed by atoms with Gasteiger partial charge in [-0.1, -0.05) is 30.3 Å². The quantitative estimate of drug-likeness (QED) is 0.864. The van der Waals surface area contributed by atoms with Gasteiger partial charge in [-0.05, 0) is 18.4 Å². The summed E-state index contributed by atoms with van der Waals surface area (Å²) >= 11 is 0. The molecule has 0 spiro atoms. The van der Waals surface area contributed by atoms with Gasteiger partial charge in [0, 0.05) is 13.2 Å². The van der Waals surface area contributed by atoms with Gasteiger partial charge in [-0.25, -0.2) is 4.79 Å². The van der Waals surface area contributed by atoms with E-state index in [1.165, 1.54) is 0 Å². The third kappa shape index (κ3) is 4.19. The number of methoxy groups -OCH3 is 1. The van der Waals surface area contributed by atoms with Gasteiger partial charge in [0.25, 0.3) is 0 Å². The molecule has 1 saturated carbocycles. The topological polar surface area (TPSA) is 84.9 Å². The normalized spacial score (nSPS) is 24.5. The summed E-state index contributed by atoms with van der Waals surface area (Å²) in [5, 5.41) is 11.8. The van der Waals surface area contributed by atoms with Crippen LogP contribution in [-0.4, -0.2) is 36.4 Å². The molecule has 0 bridgehead atoms. The van der Waals surface area contributed by atoms with Crippen molar-refractivity contribution in [2.75, 3.05) is 7.11 Å². The number of carbonyl (C=O) groups is 2. The maximum absolute atomic E-state index is 11.8. The fourth-order valence-corrected chi connectivity index (χ4v) is 2.53. The maximum atomic E-state index is 11.8. The lowest BCUT2D eigenvalue weighted by Crippen LogP contribution is -2.40. The van der Waals surface area contributed by atoms with Gasteiger partial charge in [-0.2, -0.15) is 0 Å². The number of rotatable bonds is 5. The second kappa shape index (κ2) is 7.08. The van der Waals surface area contributed by atoms with Crippen molar-refractivity contribution in [3.63, 3.8) is 0 Å². The Labute approximate surface area is 123 Å². The first-order chi connectivity index (χ1) is 10.1. The van der Waals surface area contributed by atoms with Gasteiger partial charge < -0.3 is 19.9 Å². The Morgan fingerprint density at radius 3 is 2.62 bits per heavy atom. The van der Waals surface area contributed by atoms with Crippen LogP contribution in [0.15, 0.2) is 30.3 Å². The Morgan fingerprint density at radius 1 is 1.29 bits per heavy atom. The molecule has 1 fully saturated rings. The highest BCUT2D eigenvalue weighted by atomic mass is 16.5. The first kappa shape index (κ1) is 15.3. The van der Waals surface area contributed by atoms with Crippen LogP contribution in [0.5, 0.6) is 0 Å². The van der Waals surface area contributed by atoms with Gasteiger partial charge in [-0.15, -0.1) is 0 Å². The summed E-state index contributed by atoms with van der Waals surface area (Å²) in [6, 6.07) is 8.84. The number of carbonyl (C=O) groups excluding carboxylic acids is 1. The Morgan fingerprint density at radius 2 is 2.00 bits per heavy atom. The average Bonchev–Trinajstić information content (AvgIpc) is 2.89. The largest absolute Gasteiger partial charge is 0.481 e. The third-order valence-corrected chi connectivity index (χ3v) is 3.69. The molecule has 1 aromatic carbocycles. The molecule has 1 aliphatic rings. The smallest absolute Gasteiger partial charge is 0.407 e. The van der Waals surface area contributed by atoms with Crippen LogP contribution in [0.4, 0.5) is 4.79 Å². The molecule has 0 radical (unpaired) electrons. The molecule has 0 heterocycles. The molecular weight excluding hydrogens is 274 g/mol. The standard InChI is InChI=1S/C15H19NO5/c1-20-11-7-12(14(17)18)13(8-11)16-15(19)21-9-10-5-3-2-4-6-10/h2-6,11-13H,7-9H2,1H3,(H,16,19)(H,17,18)/t11?,12-,13?/m1/s1. The van der Waals surface area contributed by atoms with Gasteiger partial charge in [0.15, 0.2) is 0 Å². The summed E-state index contributed by atoms with van der Waals surface area (Å²) in [6.45, 7) is 0.158.